The van der Waals surface area contributed by atoms with Crippen LogP contribution in [0.1, 0.15) is 70.9 Å². The summed E-state index contributed by atoms with van der Waals surface area (Å²) in [5.41, 5.74) is 3.45. The number of para-hydroxylation sites is 1. The van der Waals surface area contributed by atoms with Crippen LogP contribution < -0.4 is 10.2 Å². The number of ether oxygens (including phenoxy) is 1. The second-order valence-corrected chi connectivity index (χ2v) is 7.81. The van der Waals surface area contributed by atoms with E-state index in [1.54, 1.807) is 6.08 Å². The first-order valence-corrected chi connectivity index (χ1v) is 10.6. The van der Waals surface area contributed by atoms with E-state index >= 15 is 0 Å². The van der Waals surface area contributed by atoms with E-state index in [1.165, 1.54) is 11.1 Å². The van der Waals surface area contributed by atoms with Gasteiger partial charge in [-0.1, -0.05) is 30.7 Å². The van der Waals surface area contributed by atoms with Gasteiger partial charge in [-0.2, -0.15) is 0 Å². The molecule has 1 amide bonds. The van der Waals surface area contributed by atoms with Crippen molar-refractivity contribution in [1.29, 1.82) is 0 Å². The minimum atomic E-state index is -0.223. The highest BCUT2D eigenvalue weighted by Crippen LogP contribution is 2.38. The van der Waals surface area contributed by atoms with Crippen LogP contribution in [0, 0.1) is 0 Å². The van der Waals surface area contributed by atoms with E-state index in [-0.39, 0.29) is 24.0 Å². The number of carbonyl (C=O) groups is 2. The van der Waals surface area contributed by atoms with Gasteiger partial charge in [0.25, 0.3) is 0 Å². The second kappa shape index (κ2) is 9.37. The van der Waals surface area contributed by atoms with Gasteiger partial charge in [0.1, 0.15) is 0 Å². The van der Waals surface area contributed by atoms with Gasteiger partial charge in [0, 0.05) is 36.3 Å². The number of rotatable bonds is 5. The molecule has 0 spiro atoms. The fraction of sp³-hybridized carbons (Fsp3) is 0.565. The molecule has 5 nitrogen and oxygen atoms in total. The Labute approximate surface area is 168 Å². The Hall–Kier alpha value is -2.14. The number of carbonyl (C=O) groups excluding carboxylic acids is 2. The zero-order chi connectivity index (χ0) is 20.1. The Morgan fingerprint density at radius 3 is 2.61 bits per heavy atom. The van der Waals surface area contributed by atoms with Gasteiger partial charge < -0.3 is 15.0 Å². The molecule has 2 atom stereocenters. The summed E-state index contributed by atoms with van der Waals surface area (Å²) in [5, 5.41) is 3.84. The summed E-state index contributed by atoms with van der Waals surface area (Å²) in [6.07, 6.45) is 7.03. The van der Waals surface area contributed by atoms with Crippen LogP contribution in [0.4, 0.5) is 5.69 Å². The molecule has 1 N–H and O–H groups in total. The van der Waals surface area contributed by atoms with Crippen LogP contribution in [-0.2, 0) is 14.3 Å². The van der Waals surface area contributed by atoms with E-state index in [9.17, 15) is 9.59 Å². The molecule has 1 heterocycles. The van der Waals surface area contributed by atoms with Gasteiger partial charge in [0.05, 0.1) is 6.61 Å². The highest BCUT2D eigenvalue weighted by atomic mass is 16.5. The number of allylic oxidation sites excluding steroid dienone is 1. The first kappa shape index (κ1) is 20.6. The molecule has 28 heavy (non-hydrogen) atoms. The van der Waals surface area contributed by atoms with Crippen molar-refractivity contribution in [2.75, 3.05) is 11.5 Å². The molecule has 1 aliphatic heterocycles. The summed E-state index contributed by atoms with van der Waals surface area (Å²) in [4.78, 5) is 26.1. The number of fused-ring (bicyclic) bond motifs is 1. The van der Waals surface area contributed by atoms with Crippen molar-refractivity contribution in [3.8, 4) is 0 Å². The van der Waals surface area contributed by atoms with Crippen molar-refractivity contribution in [3.63, 3.8) is 0 Å². The molecule has 1 aliphatic carbocycles. The molecule has 1 saturated carbocycles. The Bertz CT molecular complexity index is 733. The summed E-state index contributed by atoms with van der Waals surface area (Å²) in [5.74, 6) is -0.0376. The molecular formula is C23H32N2O3. The topological polar surface area (TPSA) is 58.6 Å². The third kappa shape index (κ3) is 4.64. The lowest BCUT2D eigenvalue weighted by molar-refractivity contribution is -0.137. The molecule has 152 valence electrons. The van der Waals surface area contributed by atoms with Crippen LogP contribution in [0.15, 0.2) is 35.9 Å². The summed E-state index contributed by atoms with van der Waals surface area (Å²) in [6, 6.07) is 9.14. The summed E-state index contributed by atoms with van der Waals surface area (Å²) >= 11 is 0. The Morgan fingerprint density at radius 2 is 1.93 bits per heavy atom. The number of amides is 1. The van der Waals surface area contributed by atoms with E-state index < -0.39 is 0 Å². The molecule has 2 aliphatic rings. The molecular weight excluding hydrogens is 352 g/mol. The number of benzene rings is 1. The van der Waals surface area contributed by atoms with Crippen LogP contribution in [0.25, 0.3) is 0 Å². The number of anilines is 1. The number of nitrogens with zero attached hydrogens (tertiary/aromatic N) is 1. The van der Waals surface area contributed by atoms with Crippen LogP contribution >= 0.6 is 0 Å². The van der Waals surface area contributed by atoms with E-state index in [4.69, 9.17) is 4.74 Å². The number of hydrogen-bond donors (Lipinski definition) is 1. The van der Waals surface area contributed by atoms with E-state index in [1.807, 2.05) is 24.8 Å². The fourth-order valence-corrected chi connectivity index (χ4v) is 4.46. The highest BCUT2D eigenvalue weighted by Gasteiger charge is 2.34. The Morgan fingerprint density at radius 1 is 1.21 bits per heavy atom. The Kier molecular flexibility index (Phi) is 6.89. The van der Waals surface area contributed by atoms with E-state index in [0.29, 0.717) is 19.1 Å². The number of nitrogens with one attached hydrogen (secondary N) is 1. The molecule has 0 bridgehead atoms. The first-order valence-electron chi connectivity index (χ1n) is 10.6. The van der Waals surface area contributed by atoms with Gasteiger partial charge in [-0.3, -0.25) is 4.79 Å². The Balaban J connectivity index is 1.67. The fourth-order valence-electron chi connectivity index (χ4n) is 4.46. The van der Waals surface area contributed by atoms with Crippen LogP contribution in [0.5, 0.6) is 0 Å². The monoisotopic (exact) mass is 384 g/mol. The minimum Gasteiger partial charge on any atom is -0.463 e. The zero-order valence-electron chi connectivity index (χ0n) is 17.2. The highest BCUT2D eigenvalue weighted by molar-refractivity contribution is 5.95. The quantitative estimate of drug-likeness (QED) is 0.608. The average Bonchev–Trinajstić information content (AvgIpc) is 2.69. The maximum Gasteiger partial charge on any atom is 0.330 e. The lowest BCUT2D eigenvalue weighted by Gasteiger charge is -2.41. The maximum atomic E-state index is 12.5. The molecule has 0 aromatic heterocycles. The van der Waals surface area contributed by atoms with Gasteiger partial charge in [-0.05, 0) is 57.6 Å². The third-order valence-electron chi connectivity index (χ3n) is 5.83. The van der Waals surface area contributed by atoms with Gasteiger partial charge in [-0.25, -0.2) is 4.79 Å². The van der Waals surface area contributed by atoms with Gasteiger partial charge in [0.15, 0.2) is 0 Å². The summed E-state index contributed by atoms with van der Waals surface area (Å²) < 4.78 is 5.02. The van der Waals surface area contributed by atoms with Crippen LogP contribution in [0.3, 0.4) is 0 Å². The second-order valence-electron chi connectivity index (χ2n) is 7.81. The maximum absolute atomic E-state index is 12.5. The van der Waals surface area contributed by atoms with Crippen molar-refractivity contribution in [3.05, 3.63) is 41.5 Å². The van der Waals surface area contributed by atoms with Crippen molar-refractivity contribution < 1.29 is 14.3 Å². The smallest absolute Gasteiger partial charge is 0.330 e. The molecule has 0 unspecified atom stereocenters. The molecule has 3 rings (SSSR count). The molecule has 0 saturated heterocycles. The van der Waals surface area contributed by atoms with Gasteiger partial charge >= 0.3 is 5.97 Å². The largest absolute Gasteiger partial charge is 0.463 e. The minimum absolute atomic E-state index is 0.183. The van der Waals surface area contributed by atoms with Crippen LogP contribution in [-0.4, -0.2) is 30.6 Å². The third-order valence-corrected chi connectivity index (χ3v) is 5.83. The standard InChI is InChI=1S/C23H32N2O3/c1-4-22(26)25-16(3)14-20(19-8-6-7-9-21(19)25)24-18-12-10-17(11-13-18)15-23(27)28-5-2/h6-9,15-16,18,20,24H,4-5,10-14H2,1-3H3/t16-,18?,20+/m0/s1. The van der Waals surface area contributed by atoms with Gasteiger partial charge in [0.2, 0.25) is 5.91 Å². The van der Waals surface area contributed by atoms with Gasteiger partial charge in [-0.15, -0.1) is 0 Å². The lowest BCUT2D eigenvalue weighted by atomic mass is 9.87. The zero-order valence-corrected chi connectivity index (χ0v) is 17.2. The predicted octanol–water partition coefficient (Wildman–Crippen LogP) is 4.28. The SMILES string of the molecule is CCOC(=O)C=C1CCC(N[C@@H]2C[C@H](C)N(C(=O)CC)c3ccccc32)CC1. The number of esters is 1. The van der Waals surface area contributed by atoms with Crippen molar-refractivity contribution >= 4 is 17.6 Å². The molecule has 1 fully saturated rings. The molecule has 1 aromatic carbocycles. The predicted molar refractivity (Wildman–Crippen MR) is 111 cm³/mol. The van der Waals surface area contributed by atoms with Crippen molar-refractivity contribution in [2.45, 2.75) is 77.4 Å². The summed E-state index contributed by atoms with van der Waals surface area (Å²) in [7, 11) is 0. The molecule has 5 heteroatoms. The number of hydrogen-bond acceptors (Lipinski definition) is 4. The normalized spacial score (nSPS) is 24.5. The summed E-state index contributed by atoms with van der Waals surface area (Å²) in [6.45, 7) is 6.31. The van der Waals surface area contributed by atoms with Crippen molar-refractivity contribution in [1.82, 2.24) is 5.32 Å². The molecule has 0 radical (unpaired) electrons. The van der Waals surface area contributed by atoms with Crippen molar-refractivity contribution in [2.24, 2.45) is 0 Å². The van der Waals surface area contributed by atoms with Crippen LogP contribution in [0.2, 0.25) is 0 Å². The van der Waals surface area contributed by atoms with E-state index in [0.717, 1.165) is 37.8 Å². The van der Waals surface area contributed by atoms with E-state index in [2.05, 4.69) is 30.4 Å². The molecule has 1 aromatic rings. The lowest BCUT2D eigenvalue weighted by Crippen LogP contribution is -2.47. The average molecular weight is 385 g/mol. The first-order chi connectivity index (χ1) is 13.5.